The monoisotopic (exact) mass is 224 g/mol. The molecule has 0 atom stereocenters. The quantitative estimate of drug-likeness (QED) is 0.796. The van der Waals surface area contributed by atoms with Crippen LogP contribution in [0.25, 0.3) is 0 Å². The number of carbonyl (C=O) groups is 1. The molecule has 1 aromatic heterocycles. The van der Waals surface area contributed by atoms with Gasteiger partial charge in [-0.2, -0.15) is 0 Å². The Morgan fingerprint density at radius 2 is 2.19 bits per heavy atom. The van der Waals surface area contributed by atoms with Crippen LogP contribution < -0.4 is 10.1 Å². The summed E-state index contributed by atoms with van der Waals surface area (Å²) < 4.78 is 5.05. The number of anilines is 1. The molecule has 1 heterocycles. The molecule has 0 aliphatic rings. The first-order chi connectivity index (χ1) is 7.56. The molecule has 0 radical (unpaired) electrons. The van der Waals surface area contributed by atoms with Crippen LogP contribution in [-0.2, 0) is 4.79 Å². The second kappa shape index (κ2) is 5.29. The topological polar surface area (TPSA) is 67.4 Å². The first-order valence-corrected chi connectivity index (χ1v) is 4.86. The SMILES string of the molecule is COc1ncnc(NCC(=O)N(C)C)c1C. The number of aromatic nitrogens is 2. The summed E-state index contributed by atoms with van der Waals surface area (Å²) in [5.41, 5.74) is 0.788. The normalized spacial score (nSPS) is 9.75. The van der Waals surface area contributed by atoms with Crippen LogP contribution >= 0.6 is 0 Å². The van der Waals surface area contributed by atoms with Gasteiger partial charge in [0.15, 0.2) is 0 Å². The van der Waals surface area contributed by atoms with E-state index in [9.17, 15) is 4.79 Å². The summed E-state index contributed by atoms with van der Waals surface area (Å²) in [4.78, 5) is 20.9. The lowest BCUT2D eigenvalue weighted by Crippen LogP contribution is -2.29. The molecule has 0 fully saturated rings. The number of likely N-dealkylation sites (N-methyl/N-ethyl adjacent to an activating group) is 1. The van der Waals surface area contributed by atoms with Gasteiger partial charge in [0.1, 0.15) is 12.1 Å². The van der Waals surface area contributed by atoms with Crippen LogP contribution in [0, 0.1) is 6.92 Å². The van der Waals surface area contributed by atoms with Crippen molar-refractivity contribution in [3.63, 3.8) is 0 Å². The van der Waals surface area contributed by atoms with E-state index >= 15 is 0 Å². The van der Waals surface area contributed by atoms with Gasteiger partial charge in [-0.15, -0.1) is 0 Å². The maximum atomic E-state index is 11.4. The Morgan fingerprint density at radius 3 is 2.75 bits per heavy atom. The molecule has 1 aromatic rings. The second-order valence-corrected chi connectivity index (χ2v) is 3.50. The summed E-state index contributed by atoms with van der Waals surface area (Å²) in [6.07, 6.45) is 1.40. The van der Waals surface area contributed by atoms with Crippen molar-refractivity contribution in [1.29, 1.82) is 0 Å². The highest BCUT2D eigenvalue weighted by molar-refractivity contribution is 5.80. The van der Waals surface area contributed by atoms with Gasteiger partial charge in [-0.05, 0) is 6.92 Å². The van der Waals surface area contributed by atoms with E-state index in [4.69, 9.17) is 4.74 Å². The van der Waals surface area contributed by atoms with Gasteiger partial charge in [0.25, 0.3) is 0 Å². The van der Waals surface area contributed by atoms with Crippen molar-refractivity contribution in [2.45, 2.75) is 6.92 Å². The lowest BCUT2D eigenvalue weighted by molar-refractivity contribution is -0.126. The number of rotatable bonds is 4. The van der Waals surface area contributed by atoms with Gasteiger partial charge >= 0.3 is 0 Å². The Kier molecular flexibility index (Phi) is 4.04. The predicted molar refractivity (Wildman–Crippen MR) is 60.5 cm³/mol. The Morgan fingerprint density at radius 1 is 1.50 bits per heavy atom. The van der Waals surface area contributed by atoms with Gasteiger partial charge in [0.05, 0.1) is 19.2 Å². The third-order valence-corrected chi connectivity index (χ3v) is 2.14. The summed E-state index contributed by atoms with van der Waals surface area (Å²) in [6, 6.07) is 0. The molecule has 1 rings (SSSR count). The predicted octanol–water partition coefficient (Wildman–Crippen LogP) is 0.294. The molecule has 1 N–H and O–H groups in total. The van der Waals surface area contributed by atoms with Crippen LogP contribution in [0.5, 0.6) is 5.88 Å². The Bertz CT molecular complexity index is 379. The molecule has 0 aliphatic heterocycles. The van der Waals surface area contributed by atoms with Gasteiger partial charge < -0.3 is 15.0 Å². The molecule has 0 aromatic carbocycles. The second-order valence-electron chi connectivity index (χ2n) is 3.50. The number of ether oxygens (including phenoxy) is 1. The van der Waals surface area contributed by atoms with E-state index in [-0.39, 0.29) is 12.5 Å². The number of carbonyl (C=O) groups excluding carboxylic acids is 1. The van der Waals surface area contributed by atoms with E-state index < -0.39 is 0 Å². The average molecular weight is 224 g/mol. The molecule has 88 valence electrons. The zero-order valence-corrected chi connectivity index (χ0v) is 9.94. The van der Waals surface area contributed by atoms with Crippen LogP contribution in [0.1, 0.15) is 5.56 Å². The Balaban J connectivity index is 2.71. The minimum absolute atomic E-state index is 0.0167. The summed E-state index contributed by atoms with van der Waals surface area (Å²) in [6.45, 7) is 2.04. The summed E-state index contributed by atoms with van der Waals surface area (Å²) in [5.74, 6) is 1.11. The molecule has 16 heavy (non-hydrogen) atoms. The van der Waals surface area contributed by atoms with Crippen LogP contribution in [0.2, 0.25) is 0 Å². The van der Waals surface area contributed by atoms with Crippen LogP contribution in [0.4, 0.5) is 5.82 Å². The average Bonchev–Trinajstić information content (AvgIpc) is 2.27. The van der Waals surface area contributed by atoms with E-state index in [1.807, 2.05) is 6.92 Å². The molecule has 0 spiro atoms. The van der Waals surface area contributed by atoms with Gasteiger partial charge in [-0.1, -0.05) is 0 Å². The largest absolute Gasteiger partial charge is 0.481 e. The highest BCUT2D eigenvalue weighted by atomic mass is 16.5. The van der Waals surface area contributed by atoms with E-state index in [2.05, 4.69) is 15.3 Å². The van der Waals surface area contributed by atoms with E-state index in [0.29, 0.717) is 11.7 Å². The van der Waals surface area contributed by atoms with Gasteiger partial charge in [0, 0.05) is 14.1 Å². The molecule has 0 saturated heterocycles. The van der Waals surface area contributed by atoms with Gasteiger partial charge in [0.2, 0.25) is 11.8 Å². The molecular formula is C10H16N4O2. The fraction of sp³-hybridized carbons (Fsp3) is 0.500. The zero-order valence-electron chi connectivity index (χ0n) is 9.94. The minimum Gasteiger partial charge on any atom is -0.481 e. The minimum atomic E-state index is -0.0167. The molecule has 0 saturated carbocycles. The molecule has 6 heteroatoms. The fourth-order valence-corrected chi connectivity index (χ4v) is 1.14. The number of nitrogens with one attached hydrogen (secondary N) is 1. The van der Waals surface area contributed by atoms with Crippen LogP contribution in [0.15, 0.2) is 6.33 Å². The molecule has 0 unspecified atom stereocenters. The third-order valence-electron chi connectivity index (χ3n) is 2.14. The number of methoxy groups -OCH3 is 1. The number of hydrogen-bond donors (Lipinski definition) is 1. The van der Waals surface area contributed by atoms with Crippen molar-refractivity contribution in [3.8, 4) is 5.88 Å². The van der Waals surface area contributed by atoms with Crippen molar-refractivity contribution < 1.29 is 9.53 Å². The lowest BCUT2D eigenvalue weighted by atomic mass is 10.3. The van der Waals surface area contributed by atoms with Crippen molar-refractivity contribution in [1.82, 2.24) is 14.9 Å². The number of amides is 1. The van der Waals surface area contributed by atoms with E-state index in [1.54, 1.807) is 21.2 Å². The van der Waals surface area contributed by atoms with Crippen molar-refractivity contribution in [3.05, 3.63) is 11.9 Å². The lowest BCUT2D eigenvalue weighted by Gasteiger charge is -2.13. The molecular weight excluding hydrogens is 208 g/mol. The van der Waals surface area contributed by atoms with Crippen LogP contribution in [0.3, 0.4) is 0 Å². The summed E-state index contributed by atoms with van der Waals surface area (Å²) in [5, 5.41) is 2.95. The maximum absolute atomic E-state index is 11.4. The van der Waals surface area contributed by atoms with Gasteiger partial charge in [-0.25, -0.2) is 9.97 Å². The number of nitrogens with zero attached hydrogens (tertiary/aromatic N) is 3. The van der Waals surface area contributed by atoms with Crippen LogP contribution in [-0.4, -0.2) is 48.5 Å². The van der Waals surface area contributed by atoms with E-state index in [1.165, 1.54) is 11.2 Å². The standard InChI is InChI=1S/C10H16N4O2/c1-7-9(11-5-8(15)14(2)3)12-6-13-10(7)16-4/h6H,5H2,1-4H3,(H,11,12,13). The highest BCUT2D eigenvalue weighted by Gasteiger charge is 2.09. The van der Waals surface area contributed by atoms with Gasteiger partial charge in [-0.3, -0.25) is 4.79 Å². The van der Waals surface area contributed by atoms with Crippen molar-refractivity contribution in [2.75, 3.05) is 33.1 Å². The first kappa shape index (κ1) is 12.2. The van der Waals surface area contributed by atoms with Crippen molar-refractivity contribution in [2.24, 2.45) is 0 Å². The third kappa shape index (κ3) is 2.82. The van der Waals surface area contributed by atoms with E-state index in [0.717, 1.165) is 5.56 Å². The molecule has 0 aliphatic carbocycles. The fourth-order valence-electron chi connectivity index (χ4n) is 1.14. The summed E-state index contributed by atoms with van der Waals surface area (Å²) >= 11 is 0. The number of hydrogen-bond acceptors (Lipinski definition) is 5. The highest BCUT2D eigenvalue weighted by Crippen LogP contribution is 2.19. The zero-order chi connectivity index (χ0) is 12.1. The molecule has 1 amide bonds. The Labute approximate surface area is 94.6 Å². The van der Waals surface area contributed by atoms with Crippen molar-refractivity contribution >= 4 is 11.7 Å². The summed E-state index contributed by atoms with van der Waals surface area (Å²) in [7, 11) is 4.96. The first-order valence-electron chi connectivity index (χ1n) is 4.86. The Hall–Kier alpha value is -1.85. The molecule has 0 bridgehead atoms. The smallest absolute Gasteiger partial charge is 0.241 e. The molecule has 6 nitrogen and oxygen atoms in total. The maximum Gasteiger partial charge on any atom is 0.241 e.